The first-order valence-corrected chi connectivity index (χ1v) is 10.8. The Morgan fingerprint density at radius 1 is 1.06 bits per heavy atom. The van der Waals surface area contributed by atoms with Gasteiger partial charge in [0, 0.05) is 45.8 Å². The topological polar surface area (TPSA) is 54.7 Å². The average molecular weight is 418 g/mol. The first kappa shape index (κ1) is 21.1. The number of aryl methyl sites for hydroxylation is 1. The Morgan fingerprint density at radius 3 is 2.45 bits per heavy atom. The summed E-state index contributed by atoms with van der Waals surface area (Å²) in [5, 5.41) is 7.82. The number of guanidine groups is 1. The van der Waals surface area contributed by atoms with Crippen LogP contribution < -0.4 is 5.32 Å². The van der Waals surface area contributed by atoms with E-state index in [1.165, 1.54) is 22.3 Å². The second-order valence-corrected chi connectivity index (χ2v) is 8.07. The van der Waals surface area contributed by atoms with E-state index in [0.717, 1.165) is 32.0 Å². The summed E-state index contributed by atoms with van der Waals surface area (Å²) in [5.41, 5.74) is 4.92. The zero-order valence-corrected chi connectivity index (χ0v) is 18.4. The fourth-order valence-electron chi connectivity index (χ4n) is 4.00. The number of likely N-dealkylation sites (tertiary alicyclic amines) is 1. The molecule has 162 valence electrons. The van der Waals surface area contributed by atoms with E-state index >= 15 is 0 Å². The lowest BCUT2D eigenvalue weighted by atomic mass is 10.0. The molecule has 1 saturated heterocycles. The van der Waals surface area contributed by atoms with E-state index in [0.29, 0.717) is 19.1 Å². The maximum Gasteiger partial charge on any atom is 0.193 e. The Hall–Kier alpha value is -3.12. The first-order valence-electron chi connectivity index (χ1n) is 10.8. The molecule has 1 fully saturated rings. The van der Waals surface area contributed by atoms with Crippen molar-refractivity contribution in [1.82, 2.24) is 20.0 Å². The zero-order chi connectivity index (χ0) is 21.5. The van der Waals surface area contributed by atoms with Crippen LogP contribution in [0.2, 0.25) is 0 Å². The minimum atomic E-state index is 0.516. The van der Waals surface area contributed by atoms with Crippen molar-refractivity contribution in [2.45, 2.75) is 32.1 Å². The molecule has 0 amide bonds. The molecule has 2 aromatic carbocycles. The number of hydrogen-bond acceptors (Lipinski definition) is 3. The Labute approximate surface area is 184 Å². The third-order valence-corrected chi connectivity index (χ3v) is 5.75. The molecule has 0 spiro atoms. The van der Waals surface area contributed by atoms with E-state index in [9.17, 15) is 0 Å². The predicted molar refractivity (Wildman–Crippen MR) is 124 cm³/mol. The predicted octanol–water partition coefficient (Wildman–Crippen LogP) is 3.70. The monoisotopic (exact) mass is 417 g/mol. The highest BCUT2D eigenvalue weighted by Crippen LogP contribution is 2.26. The number of aromatic nitrogens is 2. The van der Waals surface area contributed by atoms with Gasteiger partial charge < -0.3 is 15.0 Å². The van der Waals surface area contributed by atoms with Crippen LogP contribution in [0.1, 0.15) is 34.6 Å². The summed E-state index contributed by atoms with van der Waals surface area (Å²) in [6.45, 7) is 4.00. The van der Waals surface area contributed by atoms with E-state index in [2.05, 4.69) is 62.9 Å². The number of nitrogens with one attached hydrogen (secondary N) is 1. The van der Waals surface area contributed by atoms with Crippen molar-refractivity contribution in [3.05, 3.63) is 89.2 Å². The summed E-state index contributed by atoms with van der Waals surface area (Å²) in [7, 11) is 3.82. The fraction of sp³-hybridized carbons (Fsp3) is 0.360. The first-order chi connectivity index (χ1) is 15.2. The van der Waals surface area contributed by atoms with Gasteiger partial charge in [-0.3, -0.25) is 9.67 Å². The lowest BCUT2D eigenvalue weighted by molar-refractivity contribution is 0.107. The van der Waals surface area contributed by atoms with Gasteiger partial charge in [-0.25, -0.2) is 0 Å². The molecule has 1 aromatic heterocycles. The van der Waals surface area contributed by atoms with Crippen LogP contribution in [0.15, 0.2) is 72.0 Å². The van der Waals surface area contributed by atoms with Crippen molar-refractivity contribution in [3.8, 4) is 0 Å². The molecule has 1 N–H and O–H groups in total. The molecule has 31 heavy (non-hydrogen) atoms. The third kappa shape index (κ3) is 5.73. The summed E-state index contributed by atoms with van der Waals surface area (Å²) in [6.07, 6.45) is 5.23. The van der Waals surface area contributed by atoms with Crippen molar-refractivity contribution >= 4 is 5.96 Å². The van der Waals surface area contributed by atoms with Crippen molar-refractivity contribution in [2.75, 3.05) is 20.1 Å². The number of benzene rings is 2. The fourth-order valence-corrected chi connectivity index (χ4v) is 4.00. The van der Waals surface area contributed by atoms with E-state index in [1.807, 2.05) is 43.2 Å². The smallest absolute Gasteiger partial charge is 0.193 e. The Bertz CT molecular complexity index is 981. The van der Waals surface area contributed by atoms with Gasteiger partial charge >= 0.3 is 0 Å². The minimum absolute atomic E-state index is 0.516. The van der Waals surface area contributed by atoms with E-state index in [1.54, 1.807) is 0 Å². The molecular weight excluding hydrogens is 386 g/mol. The SMILES string of the molecule is CN=C(NCc1ccc(COCc2ccccc2)cc1)N1CCC(c2cnn(C)c2)C1. The quantitative estimate of drug-likeness (QED) is 0.470. The molecular formula is C25H31N5O. The normalized spacial score (nSPS) is 16.6. The van der Waals surface area contributed by atoms with Gasteiger partial charge in [0.1, 0.15) is 0 Å². The summed E-state index contributed by atoms with van der Waals surface area (Å²) in [4.78, 5) is 6.83. The standard InChI is InChI=1S/C25H31N5O/c1-26-25(30-13-12-23(17-30)24-15-28-29(2)16-24)27-14-20-8-10-22(11-9-20)19-31-18-21-6-4-3-5-7-21/h3-11,15-16,23H,12-14,17-19H2,1-2H3,(H,26,27). The maximum absolute atomic E-state index is 5.83. The van der Waals surface area contributed by atoms with Crippen LogP contribution in [0.25, 0.3) is 0 Å². The highest BCUT2D eigenvalue weighted by molar-refractivity contribution is 5.80. The molecule has 1 unspecified atom stereocenters. The number of rotatable bonds is 7. The highest BCUT2D eigenvalue weighted by atomic mass is 16.5. The van der Waals surface area contributed by atoms with Gasteiger partial charge in [-0.15, -0.1) is 0 Å². The van der Waals surface area contributed by atoms with E-state index in [-0.39, 0.29) is 0 Å². The van der Waals surface area contributed by atoms with Crippen LogP contribution in [0.3, 0.4) is 0 Å². The Kier molecular flexibility index (Phi) is 6.99. The van der Waals surface area contributed by atoms with Crippen molar-refractivity contribution in [3.63, 3.8) is 0 Å². The van der Waals surface area contributed by atoms with Gasteiger partial charge in [0.25, 0.3) is 0 Å². The Balaban J connectivity index is 1.23. The molecule has 6 nitrogen and oxygen atoms in total. The number of hydrogen-bond donors (Lipinski definition) is 1. The maximum atomic E-state index is 5.83. The molecule has 1 aliphatic rings. The van der Waals surface area contributed by atoms with Crippen LogP contribution in [0.4, 0.5) is 0 Å². The van der Waals surface area contributed by atoms with Gasteiger partial charge in [-0.2, -0.15) is 5.10 Å². The van der Waals surface area contributed by atoms with Gasteiger partial charge in [0.2, 0.25) is 0 Å². The number of nitrogens with zero attached hydrogens (tertiary/aromatic N) is 4. The highest BCUT2D eigenvalue weighted by Gasteiger charge is 2.26. The van der Waals surface area contributed by atoms with Crippen LogP contribution >= 0.6 is 0 Å². The largest absolute Gasteiger partial charge is 0.372 e. The molecule has 1 atom stereocenters. The molecule has 0 radical (unpaired) electrons. The molecule has 4 rings (SSSR count). The molecule has 0 saturated carbocycles. The van der Waals surface area contributed by atoms with Crippen LogP contribution in [-0.2, 0) is 31.5 Å². The number of aliphatic imine (C=N–C) groups is 1. The average Bonchev–Trinajstić information content (AvgIpc) is 3.45. The molecule has 6 heteroatoms. The van der Waals surface area contributed by atoms with E-state index in [4.69, 9.17) is 4.74 Å². The summed E-state index contributed by atoms with van der Waals surface area (Å²) in [6, 6.07) is 18.9. The molecule has 0 aliphatic carbocycles. The van der Waals surface area contributed by atoms with Crippen LogP contribution in [0, 0.1) is 0 Å². The molecule has 1 aliphatic heterocycles. The lowest BCUT2D eigenvalue weighted by Crippen LogP contribution is -2.39. The van der Waals surface area contributed by atoms with Gasteiger partial charge in [0.15, 0.2) is 5.96 Å². The second kappa shape index (κ2) is 10.3. The molecule has 3 aromatic rings. The van der Waals surface area contributed by atoms with E-state index < -0.39 is 0 Å². The summed E-state index contributed by atoms with van der Waals surface area (Å²) < 4.78 is 7.71. The zero-order valence-electron chi connectivity index (χ0n) is 18.4. The molecule has 2 heterocycles. The Morgan fingerprint density at radius 2 is 1.77 bits per heavy atom. The summed E-state index contributed by atoms with van der Waals surface area (Å²) >= 11 is 0. The lowest BCUT2D eigenvalue weighted by Gasteiger charge is -2.21. The van der Waals surface area contributed by atoms with Crippen LogP contribution in [0.5, 0.6) is 0 Å². The van der Waals surface area contributed by atoms with Gasteiger partial charge in [-0.05, 0) is 28.7 Å². The van der Waals surface area contributed by atoms with Crippen molar-refractivity contribution in [2.24, 2.45) is 12.0 Å². The second-order valence-electron chi connectivity index (χ2n) is 8.07. The molecule has 0 bridgehead atoms. The minimum Gasteiger partial charge on any atom is -0.372 e. The number of ether oxygens (including phenoxy) is 1. The van der Waals surface area contributed by atoms with Crippen LogP contribution in [-0.4, -0.2) is 40.8 Å². The van der Waals surface area contributed by atoms with Crippen molar-refractivity contribution in [1.29, 1.82) is 0 Å². The van der Waals surface area contributed by atoms with Gasteiger partial charge in [0.05, 0.1) is 19.4 Å². The third-order valence-electron chi connectivity index (χ3n) is 5.75. The van der Waals surface area contributed by atoms with Gasteiger partial charge in [-0.1, -0.05) is 54.6 Å². The van der Waals surface area contributed by atoms with Crippen molar-refractivity contribution < 1.29 is 4.74 Å². The summed E-state index contributed by atoms with van der Waals surface area (Å²) in [5.74, 6) is 1.48.